The lowest BCUT2D eigenvalue weighted by Gasteiger charge is -2.04. The Kier molecular flexibility index (Phi) is 4.13. The van der Waals surface area contributed by atoms with E-state index >= 15 is 0 Å². The molecule has 0 spiro atoms. The van der Waals surface area contributed by atoms with Gasteiger partial charge in [0, 0.05) is 10.6 Å². The zero-order valence-electron chi connectivity index (χ0n) is 7.93. The van der Waals surface area contributed by atoms with Crippen LogP contribution in [-0.2, 0) is 0 Å². The quantitative estimate of drug-likeness (QED) is 0.658. The molecule has 15 heavy (non-hydrogen) atoms. The molecule has 1 rings (SSSR count). The molecule has 0 atom stereocenters. The van der Waals surface area contributed by atoms with Gasteiger partial charge in [0.15, 0.2) is 0 Å². The molecule has 0 unspecified atom stereocenters. The van der Waals surface area contributed by atoms with Crippen LogP contribution in [0.5, 0.6) is 0 Å². The highest BCUT2D eigenvalue weighted by Crippen LogP contribution is 2.27. The molecule has 0 saturated heterocycles. The second-order valence-corrected chi connectivity index (χ2v) is 3.70. The van der Waals surface area contributed by atoms with Crippen molar-refractivity contribution >= 4 is 28.8 Å². The first-order valence-corrected chi connectivity index (χ1v) is 4.94. The van der Waals surface area contributed by atoms with Crippen molar-refractivity contribution < 1.29 is 4.39 Å². The smallest absolute Gasteiger partial charge is 0.148 e. The number of hydrogen-bond acceptors (Lipinski definition) is 0. The Morgan fingerprint density at radius 2 is 1.80 bits per heavy atom. The zero-order valence-corrected chi connectivity index (χ0v) is 9.45. The fourth-order valence-corrected chi connectivity index (χ4v) is 1.25. The van der Waals surface area contributed by atoms with Crippen LogP contribution >= 0.6 is 23.2 Å². The molecule has 0 radical (unpaired) electrons. The van der Waals surface area contributed by atoms with E-state index in [0.29, 0.717) is 10.6 Å². The molecular formula is C12H9Cl2F. The minimum Gasteiger partial charge on any atom is -0.205 e. The van der Waals surface area contributed by atoms with Gasteiger partial charge in [0.1, 0.15) is 5.83 Å². The van der Waals surface area contributed by atoms with Gasteiger partial charge in [-0.15, -0.1) is 0 Å². The van der Waals surface area contributed by atoms with Gasteiger partial charge in [0.25, 0.3) is 0 Å². The summed E-state index contributed by atoms with van der Waals surface area (Å²) in [5.41, 5.74) is 0.855. The third-order valence-electron chi connectivity index (χ3n) is 1.85. The molecule has 0 aromatic heterocycles. The highest BCUT2D eigenvalue weighted by Gasteiger charge is 2.08. The number of rotatable bonds is 3. The Morgan fingerprint density at radius 1 is 1.27 bits per heavy atom. The standard InChI is InChI=1S/C12H9Cl2F/c1-3-11(14)12(15)8(2)9-4-6-10(13)7-5-9/h3-7H,1-2H2. The van der Waals surface area contributed by atoms with Crippen molar-refractivity contribution in [3.05, 3.63) is 64.9 Å². The van der Waals surface area contributed by atoms with Crippen molar-refractivity contribution in [2.24, 2.45) is 0 Å². The van der Waals surface area contributed by atoms with Crippen LogP contribution in [0.4, 0.5) is 4.39 Å². The molecule has 0 aliphatic heterocycles. The molecule has 0 nitrogen and oxygen atoms in total. The van der Waals surface area contributed by atoms with Gasteiger partial charge >= 0.3 is 0 Å². The summed E-state index contributed by atoms with van der Waals surface area (Å²) in [4.78, 5) is 0. The van der Waals surface area contributed by atoms with E-state index in [1.54, 1.807) is 24.3 Å². The van der Waals surface area contributed by atoms with Crippen molar-refractivity contribution in [1.29, 1.82) is 0 Å². The molecule has 0 saturated carbocycles. The fraction of sp³-hybridized carbons (Fsp3) is 0. The first-order valence-electron chi connectivity index (χ1n) is 4.19. The molecule has 0 aliphatic rings. The van der Waals surface area contributed by atoms with Gasteiger partial charge in [-0.05, 0) is 23.8 Å². The molecule has 0 amide bonds. The number of allylic oxidation sites excluding steroid dienone is 4. The van der Waals surface area contributed by atoms with E-state index < -0.39 is 5.83 Å². The van der Waals surface area contributed by atoms with E-state index in [-0.39, 0.29) is 10.6 Å². The monoisotopic (exact) mass is 242 g/mol. The second kappa shape index (κ2) is 5.15. The first kappa shape index (κ1) is 12.0. The summed E-state index contributed by atoms with van der Waals surface area (Å²) in [6.45, 7) is 7.00. The van der Waals surface area contributed by atoms with E-state index in [2.05, 4.69) is 13.2 Å². The Bertz CT molecular complexity index is 416. The average molecular weight is 243 g/mol. The van der Waals surface area contributed by atoms with Gasteiger partial charge in [0.2, 0.25) is 0 Å². The Morgan fingerprint density at radius 3 is 2.27 bits per heavy atom. The highest BCUT2D eigenvalue weighted by atomic mass is 35.5. The van der Waals surface area contributed by atoms with Gasteiger partial charge < -0.3 is 0 Å². The number of benzene rings is 1. The van der Waals surface area contributed by atoms with Gasteiger partial charge in [-0.1, -0.05) is 48.5 Å². The third kappa shape index (κ3) is 2.95. The molecule has 78 valence electrons. The van der Waals surface area contributed by atoms with Crippen LogP contribution in [0.25, 0.3) is 5.57 Å². The summed E-state index contributed by atoms with van der Waals surface area (Å²) in [6, 6.07) is 6.68. The summed E-state index contributed by atoms with van der Waals surface area (Å²) < 4.78 is 13.5. The molecule has 1 aromatic carbocycles. The van der Waals surface area contributed by atoms with Crippen molar-refractivity contribution in [1.82, 2.24) is 0 Å². The SMILES string of the molecule is C=CC(Cl)=C(F)C(=C)c1ccc(Cl)cc1. The zero-order chi connectivity index (χ0) is 11.4. The van der Waals surface area contributed by atoms with Crippen LogP contribution in [0.3, 0.4) is 0 Å². The Hall–Kier alpha value is -1.05. The summed E-state index contributed by atoms with van der Waals surface area (Å²) in [6.07, 6.45) is 1.23. The van der Waals surface area contributed by atoms with Crippen LogP contribution in [0.2, 0.25) is 5.02 Å². The summed E-state index contributed by atoms with van der Waals surface area (Å²) in [5.74, 6) is -0.575. The van der Waals surface area contributed by atoms with Crippen molar-refractivity contribution in [3.63, 3.8) is 0 Å². The van der Waals surface area contributed by atoms with Gasteiger partial charge in [-0.3, -0.25) is 0 Å². The summed E-state index contributed by atoms with van der Waals surface area (Å²) >= 11 is 11.3. The number of halogens is 3. The lowest BCUT2D eigenvalue weighted by Crippen LogP contribution is -1.85. The Balaban J connectivity index is 3.05. The van der Waals surface area contributed by atoms with E-state index in [1.165, 1.54) is 6.08 Å². The van der Waals surface area contributed by atoms with Gasteiger partial charge in [-0.2, -0.15) is 0 Å². The van der Waals surface area contributed by atoms with Crippen LogP contribution < -0.4 is 0 Å². The summed E-state index contributed by atoms with van der Waals surface area (Å²) in [5, 5.41) is 0.542. The van der Waals surface area contributed by atoms with Crippen molar-refractivity contribution in [3.8, 4) is 0 Å². The maximum atomic E-state index is 13.5. The first-order chi connectivity index (χ1) is 7.06. The normalized spacial score (nSPS) is 11.9. The van der Waals surface area contributed by atoms with E-state index in [0.717, 1.165) is 0 Å². The molecule has 0 N–H and O–H groups in total. The van der Waals surface area contributed by atoms with Gasteiger partial charge in [-0.25, -0.2) is 4.39 Å². The van der Waals surface area contributed by atoms with Crippen LogP contribution in [0.1, 0.15) is 5.56 Å². The molecule has 0 heterocycles. The molecule has 0 fully saturated rings. The van der Waals surface area contributed by atoms with Crippen molar-refractivity contribution in [2.45, 2.75) is 0 Å². The fourth-order valence-electron chi connectivity index (χ4n) is 1.01. The molecule has 1 aromatic rings. The lowest BCUT2D eigenvalue weighted by atomic mass is 10.1. The minimum absolute atomic E-state index is 0.0463. The largest absolute Gasteiger partial charge is 0.205 e. The summed E-state index contributed by atoms with van der Waals surface area (Å²) in [7, 11) is 0. The lowest BCUT2D eigenvalue weighted by molar-refractivity contribution is 0.672. The van der Waals surface area contributed by atoms with Gasteiger partial charge in [0.05, 0.1) is 5.03 Å². The van der Waals surface area contributed by atoms with Crippen LogP contribution in [0.15, 0.2) is 54.4 Å². The van der Waals surface area contributed by atoms with E-state index in [9.17, 15) is 4.39 Å². The van der Waals surface area contributed by atoms with Crippen molar-refractivity contribution in [2.75, 3.05) is 0 Å². The second-order valence-electron chi connectivity index (χ2n) is 2.85. The topological polar surface area (TPSA) is 0 Å². The van der Waals surface area contributed by atoms with Crippen LogP contribution in [-0.4, -0.2) is 0 Å². The Labute approximate surface area is 98.3 Å². The number of hydrogen-bond donors (Lipinski definition) is 0. The molecular weight excluding hydrogens is 234 g/mol. The maximum absolute atomic E-state index is 13.5. The third-order valence-corrected chi connectivity index (χ3v) is 2.42. The molecule has 0 bridgehead atoms. The molecule has 3 heteroatoms. The van der Waals surface area contributed by atoms with E-state index in [4.69, 9.17) is 23.2 Å². The van der Waals surface area contributed by atoms with Crippen LogP contribution in [0, 0.1) is 0 Å². The average Bonchev–Trinajstić information content (AvgIpc) is 2.27. The molecule has 0 aliphatic carbocycles. The highest BCUT2D eigenvalue weighted by molar-refractivity contribution is 6.32. The minimum atomic E-state index is -0.575. The predicted octanol–water partition coefficient (Wildman–Crippen LogP) is 4.96. The van der Waals surface area contributed by atoms with E-state index in [1.807, 2.05) is 0 Å². The predicted molar refractivity (Wildman–Crippen MR) is 64.7 cm³/mol. The maximum Gasteiger partial charge on any atom is 0.148 e.